The molecule has 0 aliphatic rings. The van der Waals surface area contributed by atoms with Crippen LogP contribution in [0.3, 0.4) is 0 Å². The van der Waals surface area contributed by atoms with Crippen LogP contribution in [0.15, 0.2) is 60.7 Å². The third-order valence-electron chi connectivity index (χ3n) is 3.98. The number of hydrogen-bond acceptors (Lipinski definition) is 4. The molecule has 0 saturated heterocycles. The van der Waals surface area contributed by atoms with Gasteiger partial charge < -0.3 is 10.2 Å². The minimum absolute atomic E-state index is 0.0826. The van der Waals surface area contributed by atoms with Gasteiger partial charge in [-0.25, -0.2) is 8.78 Å². The van der Waals surface area contributed by atoms with E-state index in [0.717, 1.165) is 24.2 Å². The topological polar surface area (TPSA) is 58.1 Å². The maximum absolute atomic E-state index is 13.2. The van der Waals surface area contributed by atoms with E-state index < -0.39 is 17.5 Å². The third kappa shape index (κ3) is 4.63. The molecule has 0 radical (unpaired) electrons. The highest BCUT2D eigenvalue weighted by Gasteiger charge is 2.13. The minimum Gasteiger partial charge on any atom is -0.351 e. The molecule has 27 heavy (non-hydrogen) atoms. The highest BCUT2D eigenvalue weighted by Crippen LogP contribution is 2.16. The summed E-state index contributed by atoms with van der Waals surface area (Å²) in [4.78, 5) is 14.2. The van der Waals surface area contributed by atoms with Crippen molar-refractivity contribution in [3.8, 4) is 0 Å². The number of aromatic nitrogens is 2. The Morgan fingerprint density at radius 2 is 1.78 bits per heavy atom. The SMILES string of the molecule is CCN(Cc1ccccc1)c1ccc(C(=O)Nc2ccc(F)c(F)c2)nn1. The number of nitrogens with zero attached hydrogens (tertiary/aromatic N) is 3. The van der Waals surface area contributed by atoms with Crippen LogP contribution in [0.2, 0.25) is 0 Å². The first-order chi connectivity index (χ1) is 13.1. The van der Waals surface area contributed by atoms with Gasteiger partial charge in [0, 0.05) is 24.8 Å². The summed E-state index contributed by atoms with van der Waals surface area (Å²) in [6.07, 6.45) is 0. The molecule has 1 heterocycles. The van der Waals surface area contributed by atoms with E-state index in [1.165, 1.54) is 6.07 Å². The van der Waals surface area contributed by atoms with E-state index in [1.54, 1.807) is 12.1 Å². The lowest BCUT2D eigenvalue weighted by Gasteiger charge is -2.21. The summed E-state index contributed by atoms with van der Waals surface area (Å²) >= 11 is 0. The number of benzene rings is 2. The highest BCUT2D eigenvalue weighted by molar-refractivity contribution is 6.02. The average Bonchev–Trinajstić information content (AvgIpc) is 2.70. The Bertz CT molecular complexity index is 917. The molecule has 3 rings (SSSR count). The molecular weight excluding hydrogens is 350 g/mol. The van der Waals surface area contributed by atoms with Gasteiger partial charge in [0.2, 0.25) is 0 Å². The van der Waals surface area contributed by atoms with Crippen molar-refractivity contribution < 1.29 is 13.6 Å². The zero-order valence-electron chi connectivity index (χ0n) is 14.7. The predicted molar refractivity (Wildman–Crippen MR) is 99.5 cm³/mol. The fourth-order valence-electron chi connectivity index (χ4n) is 2.54. The lowest BCUT2D eigenvalue weighted by Crippen LogP contribution is -2.24. The number of anilines is 2. The quantitative estimate of drug-likeness (QED) is 0.714. The van der Waals surface area contributed by atoms with Crippen LogP contribution >= 0.6 is 0 Å². The van der Waals surface area contributed by atoms with Gasteiger partial charge in [-0.2, -0.15) is 0 Å². The van der Waals surface area contributed by atoms with Crippen LogP contribution in [-0.2, 0) is 6.54 Å². The number of carbonyl (C=O) groups excluding carboxylic acids is 1. The zero-order chi connectivity index (χ0) is 19.2. The van der Waals surface area contributed by atoms with Gasteiger partial charge in [-0.15, -0.1) is 10.2 Å². The van der Waals surface area contributed by atoms with Gasteiger partial charge in [0.1, 0.15) is 0 Å². The van der Waals surface area contributed by atoms with Crippen LogP contribution in [0, 0.1) is 11.6 Å². The molecule has 1 N–H and O–H groups in total. The summed E-state index contributed by atoms with van der Waals surface area (Å²) in [7, 11) is 0. The van der Waals surface area contributed by atoms with E-state index in [2.05, 4.69) is 15.5 Å². The van der Waals surface area contributed by atoms with E-state index in [1.807, 2.05) is 42.2 Å². The molecule has 0 spiro atoms. The molecular formula is C20H18F2N4O. The molecule has 0 bridgehead atoms. The summed E-state index contributed by atoms with van der Waals surface area (Å²) in [6, 6.07) is 16.3. The van der Waals surface area contributed by atoms with E-state index in [4.69, 9.17) is 0 Å². The maximum Gasteiger partial charge on any atom is 0.276 e. The van der Waals surface area contributed by atoms with Gasteiger partial charge in [-0.05, 0) is 36.8 Å². The maximum atomic E-state index is 13.2. The van der Waals surface area contributed by atoms with Crippen LogP contribution in [0.5, 0.6) is 0 Å². The molecule has 1 aromatic heterocycles. The number of nitrogens with one attached hydrogen (secondary N) is 1. The molecule has 3 aromatic rings. The second-order valence-electron chi connectivity index (χ2n) is 5.86. The zero-order valence-corrected chi connectivity index (χ0v) is 14.7. The van der Waals surface area contributed by atoms with Crippen molar-refractivity contribution in [3.05, 3.63) is 83.6 Å². The molecule has 5 nitrogen and oxygen atoms in total. The molecule has 138 valence electrons. The van der Waals surface area contributed by atoms with E-state index in [-0.39, 0.29) is 11.4 Å². The van der Waals surface area contributed by atoms with E-state index in [0.29, 0.717) is 12.4 Å². The first kappa shape index (κ1) is 18.4. The van der Waals surface area contributed by atoms with Crippen molar-refractivity contribution in [2.24, 2.45) is 0 Å². The lowest BCUT2D eigenvalue weighted by molar-refractivity contribution is 0.102. The van der Waals surface area contributed by atoms with Gasteiger partial charge in [0.15, 0.2) is 23.1 Å². The Balaban J connectivity index is 1.69. The summed E-state index contributed by atoms with van der Waals surface area (Å²) < 4.78 is 26.2. The third-order valence-corrected chi connectivity index (χ3v) is 3.98. The van der Waals surface area contributed by atoms with Gasteiger partial charge in [-0.1, -0.05) is 30.3 Å². The molecule has 2 aromatic carbocycles. The van der Waals surface area contributed by atoms with Gasteiger partial charge in [0.05, 0.1) is 0 Å². The fraction of sp³-hybridized carbons (Fsp3) is 0.150. The van der Waals surface area contributed by atoms with Crippen LogP contribution in [0.4, 0.5) is 20.3 Å². The summed E-state index contributed by atoms with van der Waals surface area (Å²) in [5, 5.41) is 10.5. The number of carbonyl (C=O) groups is 1. The number of halogens is 2. The monoisotopic (exact) mass is 368 g/mol. The van der Waals surface area contributed by atoms with Crippen LogP contribution in [0.25, 0.3) is 0 Å². The molecule has 0 fully saturated rings. The van der Waals surface area contributed by atoms with Crippen molar-refractivity contribution in [2.75, 3.05) is 16.8 Å². The Hall–Kier alpha value is -3.35. The second-order valence-corrected chi connectivity index (χ2v) is 5.86. The minimum atomic E-state index is -1.03. The number of amides is 1. The predicted octanol–water partition coefficient (Wildman–Crippen LogP) is 4.03. The Morgan fingerprint density at radius 1 is 1.00 bits per heavy atom. The van der Waals surface area contributed by atoms with Crippen LogP contribution in [-0.4, -0.2) is 22.6 Å². The lowest BCUT2D eigenvalue weighted by atomic mass is 10.2. The molecule has 0 aliphatic heterocycles. The molecule has 0 atom stereocenters. The normalized spacial score (nSPS) is 10.5. The first-order valence-corrected chi connectivity index (χ1v) is 8.46. The molecule has 0 unspecified atom stereocenters. The smallest absolute Gasteiger partial charge is 0.276 e. The highest BCUT2D eigenvalue weighted by atomic mass is 19.2. The molecule has 0 saturated carbocycles. The van der Waals surface area contributed by atoms with Gasteiger partial charge in [0.25, 0.3) is 5.91 Å². The van der Waals surface area contributed by atoms with Crippen molar-refractivity contribution in [1.82, 2.24) is 10.2 Å². The first-order valence-electron chi connectivity index (χ1n) is 8.46. The average molecular weight is 368 g/mol. The van der Waals surface area contributed by atoms with E-state index >= 15 is 0 Å². The largest absolute Gasteiger partial charge is 0.351 e. The molecule has 7 heteroatoms. The Kier molecular flexibility index (Phi) is 5.71. The standard InChI is InChI=1S/C20H18F2N4O/c1-2-26(13-14-6-4-3-5-7-14)19-11-10-18(24-25-19)20(27)23-15-8-9-16(21)17(22)12-15/h3-12H,2,13H2,1H3,(H,23,27). The van der Waals surface area contributed by atoms with Crippen molar-refractivity contribution in [3.63, 3.8) is 0 Å². The van der Waals surface area contributed by atoms with Crippen LogP contribution < -0.4 is 10.2 Å². The Labute approximate surface area is 155 Å². The number of rotatable bonds is 6. The van der Waals surface area contributed by atoms with Gasteiger partial charge >= 0.3 is 0 Å². The number of hydrogen-bond donors (Lipinski definition) is 1. The summed E-state index contributed by atoms with van der Waals surface area (Å²) in [5.74, 6) is -1.92. The second kappa shape index (κ2) is 8.35. The van der Waals surface area contributed by atoms with Crippen molar-refractivity contribution in [1.29, 1.82) is 0 Å². The fourth-order valence-corrected chi connectivity index (χ4v) is 2.54. The van der Waals surface area contributed by atoms with E-state index in [9.17, 15) is 13.6 Å². The molecule has 0 aliphatic carbocycles. The van der Waals surface area contributed by atoms with Crippen LogP contribution in [0.1, 0.15) is 23.0 Å². The van der Waals surface area contributed by atoms with Crippen molar-refractivity contribution in [2.45, 2.75) is 13.5 Å². The summed E-state index contributed by atoms with van der Waals surface area (Å²) in [5.41, 5.74) is 1.37. The Morgan fingerprint density at radius 3 is 2.41 bits per heavy atom. The van der Waals surface area contributed by atoms with Gasteiger partial charge in [-0.3, -0.25) is 4.79 Å². The summed E-state index contributed by atoms with van der Waals surface area (Å²) in [6.45, 7) is 3.41. The molecule has 1 amide bonds. The van der Waals surface area contributed by atoms with Crippen molar-refractivity contribution >= 4 is 17.4 Å².